The van der Waals surface area contributed by atoms with Crippen molar-refractivity contribution in [3.05, 3.63) is 35.2 Å². The molecule has 1 heterocycles. The van der Waals surface area contributed by atoms with Gasteiger partial charge in [-0.3, -0.25) is 0 Å². The van der Waals surface area contributed by atoms with E-state index in [0.29, 0.717) is 5.41 Å². The number of hydrogen-bond donors (Lipinski definition) is 0. The zero-order valence-electron chi connectivity index (χ0n) is 10.4. The van der Waals surface area contributed by atoms with Crippen molar-refractivity contribution in [1.29, 1.82) is 0 Å². The maximum atomic E-state index is 2.40. The third kappa shape index (κ3) is 2.01. The topological polar surface area (TPSA) is 0 Å². The quantitative estimate of drug-likeness (QED) is 0.665. The van der Waals surface area contributed by atoms with E-state index in [1.807, 2.05) is 11.3 Å². The Kier molecular flexibility index (Phi) is 3.34. The lowest BCUT2D eigenvalue weighted by molar-refractivity contribution is 0.422. The highest BCUT2D eigenvalue weighted by atomic mass is 32.1. The second-order valence-corrected chi connectivity index (χ2v) is 5.90. The summed E-state index contributed by atoms with van der Waals surface area (Å²) in [7, 11) is 0. The number of fused-ring (bicyclic) bond motifs is 1. The molecule has 0 saturated carbocycles. The van der Waals surface area contributed by atoms with Crippen molar-refractivity contribution in [2.75, 3.05) is 0 Å². The molecule has 2 aromatic rings. The molecule has 1 unspecified atom stereocenters. The summed E-state index contributed by atoms with van der Waals surface area (Å²) in [5.41, 5.74) is 0.373. The van der Waals surface area contributed by atoms with Gasteiger partial charge in [0, 0.05) is 15.0 Å². The first-order chi connectivity index (χ1) is 7.69. The number of thiophene rings is 1. The highest BCUT2D eigenvalue weighted by Gasteiger charge is 2.25. The minimum atomic E-state index is 0.373. The monoisotopic (exact) mass is 232 g/mol. The molecule has 0 bridgehead atoms. The lowest BCUT2D eigenvalue weighted by atomic mass is 9.81. The zero-order chi connectivity index (χ0) is 11.6. The predicted octanol–water partition coefficient (Wildman–Crippen LogP) is 5.37. The first-order valence-corrected chi connectivity index (χ1v) is 7.00. The third-order valence-electron chi connectivity index (χ3n) is 3.60. The van der Waals surface area contributed by atoms with Crippen LogP contribution in [0.15, 0.2) is 30.3 Å². The average Bonchev–Trinajstić information content (AvgIpc) is 2.73. The van der Waals surface area contributed by atoms with Crippen molar-refractivity contribution in [3.8, 4) is 0 Å². The summed E-state index contributed by atoms with van der Waals surface area (Å²) in [6, 6.07) is 11.1. The third-order valence-corrected chi connectivity index (χ3v) is 5.02. The lowest BCUT2D eigenvalue weighted by Gasteiger charge is -2.26. The summed E-state index contributed by atoms with van der Waals surface area (Å²) in [5.74, 6) is 0. The lowest BCUT2D eigenvalue weighted by Crippen LogP contribution is -2.18. The van der Waals surface area contributed by atoms with Crippen LogP contribution in [0.2, 0.25) is 0 Å². The molecule has 0 radical (unpaired) electrons. The maximum absolute atomic E-state index is 2.40. The van der Waals surface area contributed by atoms with Gasteiger partial charge in [-0.15, -0.1) is 11.3 Å². The molecule has 0 N–H and O–H groups in total. The molecule has 0 aliphatic carbocycles. The van der Waals surface area contributed by atoms with Gasteiger partial charge in [0.1, 0.15) is 0 Å². The van der Waals surface area contributed by atoms with Gasteiger partial charge in [-0.05, 0) is 30.4 Å². The van der Waals surface area contributed by atoms with E-state index in [2.05, 4.69) is 51.1 Å². The van der Waals surface area contributed by atoms with E-state index in [4.69, 9.17) is 0 Å². The van der Waals surface area contributed by atoms with Crippen LogP contribution in [0, 0.1) is 0 Å². The zero-order valence-corrected chi connectivity index (χ0v) is 11.2. The van der Waals surface area contributed by atoms with Crippen LogP contribution in [0.4, 0.5) is 0 Å². The van der Waals surface area contributed by atoms with Gasteiger partial charge in [-0.1, -0.05) is 45.4 Å². The van der Waals surface area contributed by atoms with Crippen LogP contribution in [-0.4, -0.2) is 0 Å². The molecular weight excluding hydrogens is 212 g/mol. The molecule has 0 aliphatic rings. The molecule has 0 aliphatic heterocycles. The molecule has 1 aromatic heterocycles. The minimum Gasteiger partial charge on any atom is -0.140 e. The number of hydrogen-bond acceptors (Lipinski definition) is 1. The Bertz CT molecular complexity index is 436. The van der Waals surface area contributed by atoms with Crippen LogP contribution in [0.25, 0.3) is 10.1 Å². The summed E-state index contributed by atoms with van der Waals surface area (Å²) < 4.78 is 1.42. The van der Waals surface area contributed by atoms with Gasteiger partial charge in [-0.2, -0.15) is 0 Å². The molecular formula is C15H20S. The van der Waals surface area contributed by atoms with Crippen molar-refractivity contribution in [3.63, 3.8) is 0 Å². The molecule has 0 saturated heterocycles. The summed E-state index contributed by atoms with van der Waals surface area (Å²) in [6.45, 7) is 6.99. The fourth-order valence-corrected chi connectivity index (χ4v) is 3.61. The summed E-state index contributed by atoms with van der Waals surface area (Å²) in [6.07, 6.45) is 3.78. The standard InChI is InChI=1S/C15H20S/c1-4-10-15(3,5-2)14-11-12-8-6-7-9-13(12)16-14/h6-9,11H,4-5,10H2,1-3H3. The SMILES string of the molecule is CCCC(C)(CC)c1cc2ccccc2s1. The van der Waals surface area contributed by atoms with Crippen molar-refractivity contribution in [2.24, 2.45) is 0 Å². The van der Waals surface area contributed by atoms with E-state index < -0.39 is 0 Å². The van der Waals surface area contributed by atoms with Crippen molar-refractivity contribution in [2.45, 2.75) is 45.4 Å². The van der Waals surface area contributed by atoms with Crippen LogP contribution in [0.5, 0.6) is 0 Å². The highest BCUT2D eigenvalue weighted by Crippen LogP contribution is 2.39. The van der Waals surface area contributed by atoms with Gasteiger partial charge >= 0.3 is 0 Å². The van der Waals surface area contributed by atoms with E-state index in [1.54, 1.807) is 4.88 Å². The van der Waals surface area contributed by atoms with Crippen LogP contribution < -0.4 is 0 Å². The summed E-state index contributed by atoms with van der Waals surface area (Å²) in [4.78, 5) is 1.55. The Hall–Kier alpha value is -0.820. The fourth-order valence-electron chi connectivity index (χ4n) is 2.31. The largest absolute Gasteiger partial charge is 0.140 e. The van der Waals surface area contributed by atoms with E-state index in [1.165, 1.54) is 29.3 Å². The van der Waals surface area contributed by atoms with Crippen molar-refractivity contribution in [1.82, 2.24) is 0 Å². The smallest absolute Gasteiger partial charge is 0.0345 e. The van der Waals surface area contributed by atoms with Crippen LogP contribution in [0.3, 0.4) is 0 Å². The summed E-state index contributed by atoms with van der Waals surface area (Å²) >= 11 is 1.97. The van der Waals surface area contributed by atoms with Gasteiger partial charge in [0.25, 0.3) is 0 Å². The van der Waals surface area contributed by atoms with Gasteiger partial charge in [0.15, 0.2) is 0 Å². The molecule has 0 spiro atoms. The van der Waals surface area contributed by atoms with Crippen LogP contribution in [0.1, 0.15) is 44.9 Å². The average molecular weight is 232 g/mol. The molecule has 2 rings (SSSR count). The molecule has 16 heavy (non-hydrogen) atoms. The van der Waals surface area contributed by atoms with E-state index in [9.17, 15) is 0 Å². The first kappa shape index (κ1) is 11.7. The molecule has 1 aromatic carbocycles. The van der Waals surface area contributed by atoms with Crippen molar-refractivity contribution >= 4 is 21.4 Å². The van der Waals surface area contributed by atoms with Gasteiger partial charge in [0.05, 0.1) is 0 Å². The van der Waals surface area contributed by atoms with Crippen LogP contribution in [-0.2, 0) is 5.41 Å². The molecule has 86 valence electrons. The van der Waals surface area contributed by atoms with Gasteiger partial charge in [-0.25, -0.2) is 0 Å². The molecule has 1 heteroatoms. The van der Waals surface area contributed by atoms with E-state index >= 15 is 0 Å². The number of benzene rings is 1. The van der Waals surface area contributed by atoms with E-state index in [0.717, 1.165) is 0 Å². The van der Waals surface area contributed by atoms with Crippen LogP contribution >= 0.6 is 11.3 Å². The molecule has 0 amide bonds. The Morgan fingerprint density at radius 1 is 1.19 bits per heavy atom. The first-order valence-electron chi connectivity index (χ1n) is 6.18. The normalized spacial score (nSPS) is 15.2. The van der Waals surface area contributed by atoms with Gasteiger partial charge in [0.2, 0.25) is 0 Å². The predicted molar refractivity (Wildman–Crippen MR) is 74.4 cm³/mol. The van der Waals surface area contributed by atoms with E-state index in [-0.39, 0.29) is 0 Å². The van der Waals surface area contributed by atoms with Crippen molar-refractivity contribution < 1.29 is 0 Å². The fraction of sp³-hybridized carbons (Fsp3) is 0.467. The Balaban J connectivity index is 2.45. The summed E-state index contributed by atoms with van der Waals surface area (Å²) in [5, 5.41) is 1.40. The maximum Gasteiger partial charge on any atom is 0.0345 e. The number of rotatable bonds is 4. The Labute approximate surface area is 102 Å². The molecule has 0 fully saturated rings. The Morgan fingerprint density at radius 2 is 1.94 bits per heavy atom. The highest BCUT2D eigenvalue weighted by molar-refractivity contribution is 7.19. The molecule has 0 nitrogen and oxygen atoms in total. The Morgan fingerprint density at radius 3 is 2.56 bits per heavy atom. The second-order valence-electron chi connectivity index (χ2n) is 4.81. The minimum absolute atomic E-state index is 0.373. The molecule has 1 atom stereocenters. The second kappa shape index (κ2) is 4.58. The van der Waals surface area contributed by atoms with Gasteiger partial charge < -0.3 is 0 Å².